The van der Waals surface area contributed by atoms with E-state index in [0.29, 0.717) is 6.54 Å². The van der Waals surface area contributed by atoms with Gasteiger partial charge in [-0.2, -0.15) is 0 Å². The van der Waals surface area contributed by atoms with Gasteiger partial charge in [-0.3, -0.25) is 4.99 Å². The largest absolute Gasteiger partial charge is 0.359 e. The molecular formula is C11H19N5S. The molecule has 5 nitrogen and oxygen atoms in total. The first-order chi connectivity index (χ1) is 8.17. The number of aromatic nitrogens is 3. The van der Waals surface area contributed by atoms with Crippen molar-refractivity contribution in [3.63, 3.8) is 0 Å². The molecule has 0 amide bonds. The van der Waals surface area contributed by atoms with Crippen LogP contribution in [0, 0.1) is 0 Å². The van der Waals surface area contributed by atoms with E-state index in [0.717, 1.165) is 29.7 Å². The van der Waals surface area contributed by atoms with Gasteiger partial charge in [0.25, 0.3) is 0 Å². The van der Waals surface area contributed by atoms with E-state index in [-0.39, 0.29) is 5.54 Å². The molecular weight excluding hydrogens is 234 g/mol. The first-order valence-electron chi connectivity index (χ1n) is 5.99. The molecule has 0 aliphatic carbocycles. The minimum atomic E-state index is 0.196. The van der Waals surface area contributed by atoms with Gasteiger partial charge in [-0.25, -0.2) is 0 Å². The molecule has 1 aliphatic rings. The number of hydrogen-bond acceptors (Lipinski definition) is 4. The van der Waals surface area contributed by atoms with E-state index in [4.69, 9.17) is 0 Å². The molecule has 0 saturated carbocycles. The molecule has 0 radical (unpaired) electrons. The van der Waals surface area contributed by atoms with Crippen LogP contribution >= 0.6 is 11.8 Å². The molecule has 2 rings (SSSR count). The van der Waals surface area contributed by atoms with E-state index in [1.165, 1.54) is 0 Å². The number of hydrogen-bond donors (Lipinski definition) is 1. The molecule has 2 heterocycles. The second-order valence-corrected chi connectivity index (χ2v) is 5.45. The summed E-state index contributed by atoms with van der Waals surface area (Å²) in [5.41, 5.74) is 0.196. The molecule has 0 bridgehead atoms. The van der Waals surface area contributed by atoms with Gasteiger partial charge in [-0.1, -0.05) is 18.7 Å². The number of nitrogens with zero attached hydrogens (tertiary/aromatic N) is 4. The normalized spacial score (nSPS) is 26.4. The molecule has 1 saturated heterocycles. The summed E-state index contributed by atoms with van der Waals surface area (Å²) in [5, 5.41) is 12.5. The maximum Gasteiger partial charge on any atom is 0.157 e. The van der Waals surface area contributed by atoms with Crippen LogP contribution in [-0.4, -0.2) is 31.2 Å². The summed E-state index contributed by atoms with van der Waals surface area (Å²) in [4.78, 5) is 4.56. The van der Waals surface area contributed by atoms with Crippen LogP contribution < -0.4 is 5.32 Å². The van der Waals surface area contributed by atoms with E-state index in [9.17, 15) is 0 Å². The average molecular weight is 253 g/mol. The van der Waals surface area contributed by atoms with Crippen molar-refractivity contribution in [1.29, 1.82) is 0 Å². The zero-order valence-corrected chi connectivity index (χ0v) is 11.4. The maximum atomic E-state index is 4.56. The Balaban J connectivity index is 1.98. The Kier molecular flexibility index (Phi) is 3.71. The molecule has 1 aliphatic heterocycles. The third-order valence-corrected chi connectivity index (χ3v) is 4.40. The summed E-state index contributed by atoms with van der Waals surface area (Å²) >= 11 is 1.79. The van der Waals surface area contributed by atoms with Gasteiger partial charge >= 0.3 is 0 Å². The number of rotatable bonds is 4. The summed E-state index contributed by atoms with van der Waals surface area (Å²) in [5.74, 6) is 2.01. The number of aliphatic imine (C=N–C) groups is 1. The van der Waals surface area contributed by atoms with Crippen molar-refractivity contribution in [2.75, 3.05) is 5.75 Å². The smallest absolute Gasteiger partial charge is 0.157 e. The third kappa shape index (κ3) is 2.80. The predicted molar refractivity (Wildman–Crippen MR) is 71.1 cm³/mol. The minimum absolute atomic E-state index is 0.196. The summed E-state index contributed by atoms with van der Waals surface area (Å²) in [6, 6.07) is 0. The Bertz CT molecular complexity index is 414. The van der Waals surface area contributed by atoms with Crippen LogP contribution in [0.1, 0.15) is 33.0 Å². The molecule has 1 atom stereocenters. The molecule has 1 unspecified atom stereocenters. The van der Waals surface area contributed by atoms with Gasteiger partial charge in [0, 0.05) is 17.8 Å². The topological polar surface area (TPSA) is 55.1 Å². The Morgan fingerprint density at radius 2 is 2.41 bits per heavy atom. The fourth-order valence-corrected chi connectivity index (χ4v) is 2.85. The van der Waals surface area contributed by atoms with Crippen molar-refractivity contribution < 1.29 is 0 Å². The quantitative estimate of drug-likeness (QED) is 0.886. The van der Waals surface area contributed by atoms with E-state index >= 15 is 0 Å². The highest BCUT2D eigenvalue weighted by Crippen LogP contribution is 2.25. The van der Waals surface area contributed by atoms with E-state index in [1.54, 1.807) is 18.1 Å². The van der Waals surface area contributed by atoms with Crippen LogP contribution in [0.15, 0.2) is 11.3 Å². The van der Waals surface area contributed by atoms with Crippen LogP contribution in [0.3, 0.4) is 0 Å². The summed E-state index contributed by atoms with van der Waals surface area (Å²) in [6.45, 7) is 8.00. The number of nitrogens with one attached hydrogen (secondary N) is 1. The zero-order valence-electron chi connectivity index (χ0n) is 10.6. The van der Waals surface area contributed by atoms with Crippen LogP contribution in [0.2, 0.25) is 0 Å². The highest BCUT2D eigenvalue weighted by atomic mass is 32.2. The van der Waals surface area contributed by atoms with Gasteiger partial charge in [0.1, 0.15) is 12.9 Å². The minimum Gasteiger partial charge on any atom is -0.359 e. The van der Waals surface area contributed by atoms with Crippen LogP contribution in [0.5, 0.6) is 0 Å². The fourth-order valence-electron chi connectivity index (χ4n) is 1.64. The summed E-state index contributed by atoms with van der Waals surface area (Å²) in [6.07, 6.45) is 2.87. The predicted octanol–water partition coefficient (Wildman–Crippen LogP) is 1.66. The highest BCUT2D eigenvalue weighted by Gasteiger charge is 2.30. The van der Waals surface area contributed by atoms with Crippen molar-refractivity contribution in [3.05, 3.63) is 12.2 Å². The summed E-state index contributed by atoms with van der Waals surface area (Å²) in [7, 11) is 0. The SMILES string of the molecule is CCn1cnnc1CN=C1NC(C)(CC)CS1. The number of amidine groups is 1. The van der Waals surface area contributed by atoms with Crippen molar-refractivity contribution in [2.45, 2.75) is 45.8 Å². The highest BCUT2D eigenvalue weighted by molar-refractivity contribution is 8.14. The molecule has 17 heavy (non-hydrogen) atoms. The molecule has 1 fully saturated rings. The van der Waals surface area contributed by atoms with Crippen LogP contribution in [0.4, 0.5) is 0 Å². The number of aryl methyl sites for hydroxylation is 1. The van der Waals surface area contributed by atoms with Crippen LogP contribution in [0.25, 0.3) is 0 Å². The lowest BCUT2D eigenvalue weighted by Gasteiger charge is -2.20. The van der Waals surface area contributed by atoms with Gasteiger partial charge in [-0.15, -0.1) is 10.2 Å². The maximum absolute atomic E-state index is 4.56. The lowest BCUT2D eigenvalue weighted by molar-refractivity contribution is 0.466. The molecule has 0 aromatic carbocycles. The van der Waals surface area contributed by atoms with E-state index in [2.05, 4.69) is 41.3 Å². The number of thioether (sulfide) groups is 1. The van der Waals surface area contributed by atoms with Gasteiger partial charge < -0.3 is 9.88 Å². The second kappa shape index (κ2) is 5.08. The van der Waals surface area contributed by atoms with Gasteiger partial charge in [-0.05, 0) is 20.3 Å². The summed E-state index contributed by atoms with van der Waals surface area (Å²) < 4.78 is 2.02. The van der Waals surface area contributed by atoms with Crippen molar-refractivity contribution in [1.82, 2.24) is 20.1 Å². The average Bonchev–Trinajstić information content (AvgIpc) is 2.93. The van der Waals surface area contributed by atoms with E-state index < -0.39 is 0 Å². The third-order valence-electron chi connectivity index (χ3n) is 3.12. The van der Waals surface area contributed by atoms with Crippen molar-refractivity contribution in [2.24, 2.45) is 4.99 Å². The lowest BCUT2D eigenvalue weighted by Crippen LogP contribution is -2.39. The molecule has 1 aromatic heterocycles. The Hall–Kier alpha value is -1.04. The molecule has 0 spiro atoms. The Morgan fingerprint density at radius 3 is 3.06 bits per heavy atom. The molecule has 1 N–H and O–H groups in total. The first kappa shape index (κ1) is 12.4. The van der Waals surface area contributed by atoms with Crippen LogP contribution in [-0.2, 0) is 13.1 Å². The molecule has 6 heteroatoms. The monoisotopic (exact) mass is 253 g/mol. The van der Waals surface area contributed by atoms with Gasteiger partial charge in [0.15, 0.2) is 11.0 Å². The second-order valence-electron chi connectivity index (χ2n) is 4.48. The standard InChI is InChI=1S/C11H19N5S/c1-4-11(3)7-17-10(14-11)12-6-9-15-13-8-16(9)5-2/h8H,4-7H2,1-3H3,(H,12,14). The van der Waals surface area contributed by atoms with Gasteiger partial charge in [0.2, 0.25) is 0 Å². The molecule has 94 valence electrons. The Labute approximate surface area is 106 Å². The van der Waals surface area contributed by atoms with Crippen molar-refractivity contribution in [3.8, 4) is 0 Å². The fraction of sp³-hybridized carbons (Fsp3) is 0.727. The Morgan fingerprint density at radius 1 is 1.59 bits per heavy atom. The van der Waals surface area contributed by atoms with Crippen molar-refractivity contribution >= 4 is 16.9 Å². The lowest BCUT2D eigenvalue weighted by atomic mass is 10.0. The zero-order chi connectivity index (χ0) is 12.3. The first-order valence-corrected chi connectivity index (χ1v) is 6.97. The van der Waals surface area contributed by atoms with E-state index in [1.807, 2.05) is 4.57 Å². The molecule has 1 aromatic rings. The van der Waals surface area contributed by atoms with Gasteiger partial charge in [0.05, 0.1) is 0 Å².